The van der Waals surface area contributed by atoms with Crippen LogP contribution in [0.4, 0.5) is 0 Å². The highest BCUT2D eigenvalue weighted by atomic mass is 16.2. The van der Waals surface area contributed by atoms with Gasteiger partial charge in [-0.3, -0.25) is 14.6 Å². The van der Waals surface area contributed by atoms with Crippen LogP contribution in [-0.2, 0) is 11.3 Å². The Morgan fingerprint density at radius 3 is 2.62 bits per heavy atom. The van der Waals surface area contributed by atoms with Crippen molar-refractivity contribution in [2.75, 3.05) is 19.6 Å². The van der Waals surface area contributed by atoms with Crippen molar-refractivity contribution < 1.29 is 9.59 Å². The zero-order valence-corrected chi connectivity index (χ0v) is 17.1. The lowest BCUT2D eigenvalue weighted by Crippen LogP contribution is -2.52. The lowest BCUT2D eigenvalue weighted by Gasteiger charge is -2.47. The molecule has 2 aliphatic heterocycles. The van der Waals surface area contributed by atoms with Crippen molar-refractivity contribution in [3.05, 3.63) is 53.4 Å². The molecule has 7 nitrogen and oxygen atoms in total. The molecule has 29 heavy (non-hydrogen) atoms. The van der Waals surface area contributed by atoms with E-state index in [0.717, 1.165) is 37.2 Å². The predicted molar refractivity (Wildman–Crippen MR) is 108 cm³/mol. The third kappa shape index (κ3) is 4.28. The Bertz CT molecular complexity index is 886. The van der Waals surface area contributed by atoms with Crippen molar-refractivity contribution in [2.24, 2.45) is 5.41 Å². The van der Waals surface area contributed by atoms with E-state index < -0.39 is 0 Å². The zero-order valence-electron chi connectivity index (χ0n) is 17.1. The molecule has 0 saturated carbocycles. The maximum absolute atomic E-state index is 12.9. The number of likely N-dealkylation sites (tertiary alicyclic amines) is 2. The van der Waals surface area contributed by atoms with Crippen LogP contribution in [-0.4, -0.2) is 56.2 Å². The van der Waals surface area contributed by atoms with Gasteiger partial charge in [-0.25, -0.2) is 9.97 Å². The molecule has 0 unspecified atom stereocenters. The molecule has 0 N–H and O–H groups in total. The summed E-state index contributed by atoms with van der Waals surface area (Å²) in [5.41, 5.74) is 2.30. The molecule has 4 rings (SSSR count). The van der Waals surface area contributed by atoms with Crippen molar-refractivity contribution in [3.63, 3.8) is 0 Å². The molecule has 1 spiro atoms. The number of nitrogens with zero attached hydrogens (tertiary/aromatic N) is 5. The Kier molecular flexibility index (Phi) is 5.30. The van der Waals surface area contributed by atoms with Gasteiger partial charge in [-0.15, -0.1) is 0 Å². The van der Waals surface area contributed by atoms with E-state index in [2.05, 4.69) is 15.0 Å². The van der Waals surface area contributed by atoms with Crippen LogP contribution in [0.15, 0.2) is 30.5 Å². The summed E-state index contributed by atoms with van der Waals surface area (Å²) >= 11 is 0. The zero-order chi connectivity index (χ0) is 20.4. The standard InChI is InChI=1S/C22H27N5O2/c1-16-13-19(25-17(2)24-16)21(29)26-11-8-22(9-12-26)7-6-20(28)27(15-22)14-18-5-3-4-10-23-18/h3-5,10,13H,6-9,11-12,14-15H2,1-2H3. The first kappa shape index (κ1) is 19.5. The number of amides is 2. The van der Waals surface area contributed by atoms with Gasteiger partial charge in [0, 0.05) is 37.9 Å². The van der Waals surface area contributed by atoms with Gasteiger partial charge in [0.1, 0.15) is 11.5 Å². The van der Waals surface area contributed by atoms with E-state index in [1.54, 1.807) is 12.3 Å². The van der Waals surface area contributed by atoms with E-state index in [1.165, 1.54) is 0 Å². The number of aromatic nitrogens is 3. The highest BCUT2D eigenvalue weighted by molar-refractivity contribution is 5.92. The summed E-state index contributed by atoms with van der Waals surface area (Å²) in [5.74, 6) is 0.801. The Labute approximate surface area is 171 Å². The molecule has 2 aliphatic rings. The summed E-state index contributed by atoms with van der Waals surface area (Å²) in [7, 11) is 0. The second kappa shape index (κ2) is 7.89. The Morgan fingerprint density at radius 1 is 1.14 bits per heavy atom. The van der Waals surface area contributed by atoms with E-state index in [4.69, 9.17) is 0 Å². The van der Waals surface area contributed by atoms with E-state index in [1.807, 2.05) is 41.8 Å². The summed E-state index contributed by atoms with van der Waals surface area (Å²) in [4.78, 5) is 42.1. The third-order valence-corrected chi connectivity index (χ3v) is 6.12. The maximum atomic E-state index is 12.9. The Balaban J connectivity index is 1.41. The lowest BCUT2D eigenvalue weighted by molar-refractivity contribution is -0.139. The Hall–Kier alpha value is -2.83. The van der Waals surface area contributed by atoms with Crippen LogP contribution in [0.1, 0.15) is 53.4 Å². The highest BCUT2D eigenvalue weighted by Crippen LogP contribution is 2.40. The molecule has 2 amide bonds. The SMILES string of the molecule is Cc1cc(C(=O)N2CCC3(CCC(=O)N(Cc4ccccn4)C3)CC2)nc(C)n1. The van der Waals surface area contributed by atoms with Crippen molar-refractivity contribution in [1.29, 1.82) is 0 Å². The van der Waals surface area contributed by atoms with Gasteiger partial charge in [-0.2, -0.15) is 0 Å². The summed E-state index contributed by atoms with van der Waals surface area (Å²) in [5, 5.41) is 0. The molecule has 2 saturated heterocycles. The molecule has 152 valence electrons. The van der Waals surface area contributed by atoms with Gasteiger partial charge in [0.25, 0.3) is 5.91 Å². The number of piperidine rings is 2. The van der Waals surface area contributed by atoms with E-state index in [0.29, 0.717) is 37.6 Å². The van der Waals surface area contributed by atoms with E-state index in [9.17, 15) is 9.59 Å². The van der Waals surface area contributed by atoms with Gasteiger partial charge in [0.05, 0.1) is 12.2 Å². The second-order valence-electron chi connectivity index (χ2n) is 8.30. The first-order valence-electron chi connectivity index (χ1n) is 10.2. The first-order chi connectivity index (χ1) is 13.9. The molecule has 0 atom stereocenters. The molecule has 0 aliphatic carbocycles. The van der Waals surface area contributed by atoms with Crippen molar-refractivity contribution >= 4 is 11.8 Å². The molecule has 0 aromatic carbocycles. The fourth-order valence-electron chi connectivity index (χ4n) is 4.51. The number of pyridine rings is 1. The monoisotopic (exact) mass is 393 g/mol. The lowest BCUT2D eigenvalue weighted by atomic mass is 9.72. The first-order valence-corrected chi connectivity index (χ1v) is 10.2. The molecular weight excluding hydrogens is 366 g/mol. The minimum absolute atomic E-state index is 0.0225. The number of carbonyl (C=O) groups is 2. The van der Waals surface area contributed by atoms with Gasteiger partial charge in [0.2, 0.25) is 5.91 Å². The predicted octanol–water partition coefficient (Wildman–Crippen LogP) is 2.53. The second-order valence-corrected chi connectivity index (χ2v) is 8.30. The molecule has 0 radical (unpaired) electrons. The number of hydrogen-bond acceptors (Lipinski definition) is 5. The molecule has 4 heterocycles. The average molecular weight is 393 g/mol. The molecule has 0 bridgehead atoms. The Morgan fingerprint density at radius 2 is 1.93 bits per heavy atom. The highest BCUT2D eigenvalue weighted by Gasteiger charge is 2.42. The van der Waals surface area contributed by atoms with Gasteiger partial charge in [0.15, 0.2) is 0 Å². The summed E-state index contributed by atoms with van der Waals surface area (Å²) in [6, 6.07) is 7.55. The average Bonchev–Trinajstić information content (AvgIpc) is 2.71. The number of aryl methyl sites for hydroxylation is 2. The largest absolute Gasteiger partial charge is 0.337 e. The van der Waals surface area contributed by atoms with Crippen LogP contribution in [0.5, 0.6) is 0 Å². The van der Waals surface area contributed by atoms with Crippen LogP contribution in [0.3, 0.4) is 0 Å². The van der Waals surface area contributed by atoms with Gasteiger partial charge < -0.3 is 9.80 Å². The van der Waals surface area contributed by atoms with Crippen LogP contribution in [0.2, 0.25) is 0 Å². The molecular formula is C22H27N5O2. The molecule has 2 aromatic heterocycles. The third-order valence-electron chi connectivity index (χ3n) is 6.12. The smallest absolute Gasteiger partial charge is 0.272 e. The van der Waals surface area contributed by atoms with E-state index in [-0.39, 0.29) is 17.2 Å². The minimum atomic E-state index is -0.0225. The van der Waals surface area contributed by atoms with Gasteiger partial charge in [-0.1, -0.05) is 6.07 Å². The van der Waals surface area contributed by atoms with Crippen molar-refractivity contribution in [1.82, 2.24) is 24.8 Å². The van der Waals surface area contributed by atoms with Crippen molar-refractivity contribution in [3.8, 4) is 0 Å². The van der Waals surface area contributed by atoms with Crippen molar-refractivity contribution in [2.45, 2.75) is 46.1 Å². The van der Waals surface area contributed by atoms with Crippen LogP contribution in [0.25, 0.3) is 0 Å². The summed E-state index contributed by atoms with van der Waals surface area (Å²) in [6.07, 6.45) is 5.06. The summed E-state index contributed by atoms with van der Waals surface area (Å²) in [6.45, 7) is 6.40. The normalized spacial score (nSPS) is 18.9. The van der Waals surface area contributed by atoms with Crippen LogP contribution >= 0.6 is 0 Å². The number of hydrogen-bond donors (Lipinski definition) is 0. The maximum Gasteiger partial charge on any atom is 0.272 e. The number of carbonyl (C=O) groups excluding carboxylic acids is 2. The molecule has 2 fully saturated rings. The van der Waals surface area contributed by atoms with Gasteiger partial charge in [-0.05, 0) is 56.7 Å². The van der Waals surface area contributed by atoms with Crippen LogP contribution in [0, 0.1) is 19.3 Å². The topological polar surface area (TPSA) is 79.3 Å². The minimum Gasteiger partial charge on any atom is -0.337 e. The van der Waals surface area contributed by atoms with E-state index >= 15 is 0 Å². The molecule has 7 heteroatoms. The fourth-order valence-corrected chi connectivity index (χ4v) is 4.51. The molecule has 2 aromatic rings. The number of rotatable bonds is 3. The van der Waals surface area contributed by atoms with Gasteiger partial charge >= 0.3 is 0 Å². The fraction of sp³-hybridized carbons (Fsp3) is 0.500. The van der Waals surface area contributed by atoms with Crippen LogP contribution < -0.4 is 0 Å². The summed E-state index contributed by atoms with van der Waals surface area (Å²) < 4.78 is 0. The quantitative estimate of drug-likeness (QED) is 0.801.